The highest BCUT2D eigenvalue weighted by Gasteiger charge is 2.16. The van der Waals surface area contributed by atoms with Crippen molar-refractivity contribution >= 4 is 16.8 Å². The second-order valence-electron chi connectivity index (χ2n) is 7.20. The molecule has 3 rings (SSSR count). The van der Waals surface area contributed by atoms with Gasteiger partial charge in [-0.05, 0) is 24.0 Å². The Morgan fingerprint density at radius 2 is 1.96 bits per heavy atom. The fourth-order valence-corrected chi connectivity index (χ4v) is 2.57. The number of nitrogens with one attached hydrogen (secondary N) is 2. The van der Waals surface area contributed by atoms with E-state index in [9.17, 15) is 4.79 Å². The van der Waals surface area contributed by atoms with Gasteiger partial charge in [0.25, 0.3) is 5.91 Å². The number of benzene rings is 1. The first-order valence-electron chi connectivity index (χ1n) is 8.03. The van der Waals surface area contributed by atoms with Gasteiger partial charge in [0.15, 0.2) is 0 Å². The Morgan fingerprint density at radius 3 is 2.67 bits per heavy atom. The number of aromatic amines is 1. The average molecular weight is 322 g/mol. The number of aryl methyl sites for hydroxylation is 1. The van der Waals surface area contributed by atoms with Crippen LogP contribution in [0.1, 0.15) is 36.8 Å². The Kier molecular flexibility index (Phi) is 4.09. The van der Waals surface area contributed by atoms with Crippen molar-refractivity contribution in [1.82, 2.24) is 20.3 Å². The molecule has 0 fully saturated rings. The number of rotatable bonds is 3. The smallest absolute Gasteiger partial charge is 0.271 e. The van der Waals surface area contributed by atoms with Gasteiger partial charge >= 0.3 is 0 Å². The molecule has 3 aromatic rings. The molecule has 0 spiro atoms. The fourth-order valence-electron chi connectivity index (χ4n) is 2.57. The number of para-hydroxylation sites is 1. The molecule has 2 N–H and O–H groups in total. The number of H-pyrrole nitrogens is 1. The number of hydrogen-bond acceptors (Lipinski definition) is 3. The van der Waals surface area contributed by atoms with Crippen molar-refractivity contribution in [2.45, 2.75) is 27.7 Å². The van der Waals surface area contributed by atoms with Gasteiger partial charge in [0.1, 0.15) is 11.4 Å². The molecule has 5 heteroatoms. The standard InChI is InChI=1S/C19H22N4O/c1-12-13-7-5-6-8-14(13)23-17(12)15-9-20-10-16(22-15)18(24)21-11-19(2,3)4/h5-10,23H,11H2,1-4H3,(H,21,24). The van der Waals surface area contributed by atoms with Gasteiger partial charge in [-0.2, -0.15) is 0 Å². The van der Waals surface area contributed by atoms with Crippen molar-refractivity contribution in [2.24, 2.45) is 5.41 Å². The summed E-state index contributed by atoms with van der Waals surface area (Å²) in [5.74, 6) is -0.201. The van der Waals surface area contributed by atoms with Crippen LogP contribution in [0.5, 0.6) is 0 Å². The van der Waals surface area contributed by atoms with E-state index in [4.69, 9.17) is 0 Å². The molecule has 2 heterocycles. The minimum absolute atomic E-state index is 0.0223. The number of hydrogen-bond donors (Lipinski definition) is 2. The number of amides is 1. The minimum atomic E-state index is -0.201. The molecule has 124 valence electrons. The summed E-state index contributed by atoms with van der Waals surface area (Å²) in [7, 11) is 0. The van der Waals surface area contributed by atoms with Crippen LogP contribution in [0.4, 0.5) is 0 Å². The van der Waals surface area contributed by atoms with Crippen LogP contribution in [0.2, 0.25) is 0 Å². The molecule has 0 aliphatic rings. The summed E-state index contributed by atoms with van der Waals surface area (Å²) in [5, 5.41) is 4.06. The second-order valence-corrected chi connectivity index (χ2v) is 7.20. The molecular formula is C19H22N4O. The number of fused-ring (bicyclic) bond motifs is 1. The van der Waals surface area contributed by atoms with Crippen LogP contribution in [0.25, 0.3) is 22.3 Å². The second kappa shape index (κ2) is 6.07. The van der Waals surface area contributed by atoms with E-state index in [2.05, 4.69) is 47.1 Å². The van der Waals surface area contributed by atoms with Gasteiger partial charge in [-0.3, -0.25) is 9.78 Å². The largest absolute Gasteiger partial charge is 0.353 e. The van der Waals surface area contributed by atoms with Crippen molar-refractivity contribution in [3.63, 3.8) is 0 Å². The maximum atomic E-state index is 12.3. The summed E-state index contributed by atoms with van der Waals surface area (Å²) < 4.78 is 0. The van der Waals surface area contributed by atoms with Crippen LogP contribution in [0.15, 0.2) is 36.7 Å². The van der Waals surface area contributed by atoms with Gasteiger partial charge in [-0.25, -0.2) is 4.98 Å². The normalized spacial score (nSPS) is 11.7. The Morgan fingerprint density at radius 1 is 1.21 bits per heavy atom. The van der Waals surface area contributed by atoms with Crippen LogP contribution in [0.3, 0.4) is 0 Å². The molecule has 2 aromatic heterocycles. The minimum Gasteiger partial charge on any atom is -0.353 e. The number of carbonyl (C=O) groups excluding carboxylic acids is 1. The molecule has 0 radical (unpaired) electrons. The maximum Gasteiger partial charge on any atom is 0.271 e. The van der Waals surface area contributed by atoms with E-state index in [-0.39, 0.29) is 11.3 Å². The third-order valence-electron chi connectivity index (χ3n) is 3.87. The van der Waals surface area contributed by atoms with Gasteiger partial charge < -0.3 is 10.3 Å². The molecule has 5 nitrogen and oxygen atoms in total. The first kappa shape index (κ1) is 16.2. The molecule has 0 atom stereocenters. The van der Waals surface area contributed by atoms with E-state index >= 15 is 0 Å². The predicted octanol–water partition coefficient (Wildman–Crippen LogP) is 3.71. The van der Waals surface area contributed by atoms with E-state index in [0.29, 0.717) is 17.9 Å². The lowest BCUT2D eigenvalue weighted by Gasteiger charge is -2.18. The third-order valence-corrected chi connectivity index (χ3v) is 3.87. The van der Waals surface area contributed by atoms with Gasteiger partial charge in [-0.15, -0.1) is 0 Å². The van der Waals surface area contributed by atoms with Crippen LogP contribution in [-0.2, 0) is 0 Å². The zero-order chi connectivity index (χ0) is 17.3. The van der Waals surface area contributed by atoms with Gasteiger partial charge in [0.05, 0.1) is 18.1 Å². The first-order valence-corrected chi connectivity index (χ1v) is 8.03. The Bertz CT molecular complexity index is 890. The average Bonchev–Trinajstić information content (AvgIpc) is 2.89. The van der Waals surface area contributed by atoms with Crippen LogP contribution < -0.4 is 5.32 Å². The highest BCUT2D eigenvalue weighted by molar-refractivity contribution is 5.93. The molecule has 1 aromatic carbocycles. The number of nitrogens with zero attached hydrogens (tertiary/aromatic N) is 2. The Balaban J connectivity index is 1.92. The fraction of sp³-hybridized carbons (Fsp3) is 0.316. The van der Waals surface area contributed by atoms with Crippen LogP contribution >= 0.6 is 0 Å². The number of carbonyl (C=O) groups is 1. The summed E-state index contributed by atoms with van der Waals surface area (Å²) in [6, 6.07) is 8.09. The molecule has 0 saturated heterocycles. The van der Waals surface area contributed by atoms with Crippen molar-refractivity contribution in [1.29, 1.82) is 0 Å². The van der Waals surface area contributed by atoms with E-state index in [1.165, 1.54) is 6.20 Å². The molecule has 0 saturated carbocycles. The van der Waals surface area contributed by atoms with Gasteiger partial charge in [0, 0.05) is 17.4 Å². The quantitative estimate of drug-likeness (QED) is 0.772. The van der Waals surface area contributed by atoms with E-state index in [1.807, 2.05) is 25.1 Å². The third kappa shape index (κ3) is 3.30. The highest BCUT2D eigenvalue weighted by Crippen LogP contribution is 2.28. The monoisotopic (exact) mass is 322 g/mol. The Hall–Kier alpha value is -2.69. The van der Waals surface area contributed by atoms with Crippen molar-refractivity contribution in [2.75, 3.05) is 6.54 Å². The molecule has 0 unspecified atom stereocenters. The molecular weight excluding hydrogens is 300 g/mol. The van der Waals surface area contributed by atoms with E-state index in [1.54, 1.807) is 6.20 Å². The van der Waals surface area contributed by atoms with Crippen molar-refractivity contribution < 1.29 is 4.79 Å². The topological polar surface area (TPSA) is 70.7 Å². The van der Waals surface area contributed by atoms with Crippen molar-refractivity contribution in [3.05, 3.63) is 47.9 Å². The number of aromatic nitrogens is 3. The Labute approximate surface area is 141 Å². The van der Waals surface area contributed by atoms with Crippen LogP contribution in [-0.4, -0.2) is 27.4 Å². The first-order chi connectivity index (χ1) is 11.3. The lowest BCUT2D eigenvalue weighted by atomic mass is 9.97. The lowest BCUT2D eigenvalue weighted by molar-refractivity contribution is 0.0934. The summed E-state index contributed by atoms with van der Waals surface area (Å²) in [5.41, 5.74) is 4.08. The predicted molar refractivity (Wildman–Crippen MR) is 95.8 cm³/mol. The molecule has 0 aliphatic carbocycles. The molecule has 24 heavy (non-hydrogen) atoms. The molecule has 1 amide bonds. The highest BCUT2D eigenvalue weighted by atomic mass is 16.1. The SMILES string of the molecule is Cc1c(-c2cncc(C(=O)NCC(C)(C)C)n2)[nH]c2ccccc12. The van der Waals surface area contributed by atoms with Gasteiger partial charge in [0.2, 0.25) is 0 Å². The van der Waals surface area contributed by atoms with Crippen molar-refractivity contribution in [3.8, 4) is 11.4 Å². The van der Waals surface area contributed by atoms with Crippen LogP contribution in [0, 0.1) is 12.3 Å². The summed E-state index contributed by atoms with van der Waals surface area (Å²) in [6.07, 6.45) is 3.18. The van der Waals surface area contributed by atoms with E-state index in [0.717, 1.165) is 22.2 Å². The zero-order valence-corrected chi connectivity index (χ0v) is 14.5. The maximum absolute atomic E-state index is 12.3. The molecule has 0 bridgehead atoms. The zero-order valence-electron chi connectivity index (χ0n) is 14.5. The molecule has 0 aliphatic heterocycles. The van der Waals surface area contributed by atoms with Gasteiger partial charge in [-0.1, -0.05) is 39.0 Å². The van der Waals surface area contributed by atoms with E-state index < -0.39 is 0 Å². The lowest BCUT2D eigenvalue weighted by Crippen LogP contribution is -2.32. The summed E-state index contributed by atoms with van der Waals surface area (Å²) in [4.78, 5) is 24.4. The summed E-state index contributed by atoms with van der Waals surface area (Å²) >= 11 is 0. The summed E-state index contributed by atoms with van der Waals surface area (Å²) in [6.45, 7) is 8.85.